The number of nitrogens with two attached hydrogens (primary N) is 1. The lowest BCUT2D eigenvalue weighted by molar-refractivity contribution is -0.121. The summed E-state index contributed by atoms with van der Waals surface area (Å²) in [5.74, 6) is -0.0209. The van der Waals surface area contributed by atoms with Gasteiger partial charge in [-0.1, -0.05) is 6.42 Å². The molecule has 1 aliphatic rings. The van der Waals surface area contributed by atoms with Crippen molar-refractivity contribution in [1.29, 1.82) is 0 Å². The van der Waals surface area contributed by atoms with Gasteiger partial charge < -0.3 is 21.1 Å². The van der Waals surface area contributed by atoms with Gasteiger partial charge in [0, 0.05) is 12.5 Å². The molecule has 1 rings (SSSR count). The molecule has 0 spiro atoms. The third-order valence-electron chi connectivity index (χ3n) is 2.51. The van der Waals surface area contributed by atoms with Gasteiger partial charge in [-0.05, 0) is 19.4 Å². The predicted octanol–water partition coefficient (Wildman–Crippen LogP) is -0.270. The minimum absolute atomic E-state index is 0.0209. The quantitative estimate of drug-likeness (QED) is 0.566. The molecule has 1 fully saturated rings. The molecule has 6 nitrogen and oxygen atoms in total. The molecule has 1 aliphatic heterocycles. The van der Waals surface area contributed by atoms with E-state index in [2.05, 4.69) is 15.4 Å². The summed E-state index contributed by atoms with van der Waals surface area (Å²) in [6.45, 7) is 1.43. The van der Waals surface area contributed by atoms with Crippen LogP contribution in [0.25, 0.3) is 0 Å². The number of hydrogen-bond donors (Lipinski definition) is 3. The van der Waals surface area contributed by atoms with Gasteiger partial charge >= 0.3 is 6.09 Å². The Morgan fingerprint density at radius 2 is 2.25 bits per heavy atom. The van der Waals surface area contributed by atoms with Crippen molar-refractivity contribution in [3.8, 4) is 0 Å². The lowest BCUT2D eigenvalue weighted by Gasteiger charge is -2.22. The van der Waals surface area contributed by atoms with Crippen molar-refractivity contribution in [2.24, 2.45) is 5.73 Å². The van der Waals surface area contributed by atoms with Gasteiger partial charge in [0.05, 0.1) is 6.54 Å². The van der Waals surface area contributed by atoms with Crippen molar-refractivity contribution >= 4 is 12.0 Å². The van der Waals surface area contributed by atoms with E-state index in [1.807, 2.05) is 0 Å². The SMILES string of the molecule is NC(=O)OCCNC(=O)CC1CCCCN1. The van der Waals surface area contributed by atoms with Gasteiger partial charge in [0.15, 0.2) is 0 Å². The number of carbonyl (C=O) groups is 2. The largest absolute Gasteiger partial charge is 0.448 e. The maximum Gasteiger partial charge on any atom is 0.404 e. The standard InChI is InChI=1S/C10H19N3O3/c11-10(15)16-6-5-13-9(14)7-8-3-1-2-4-12-8/h8,12H,1-7H2,(H2,11,15)(H,13,14). The van der Waals surface area contributed by atoms with Gasteiger partial charge in [0.25, 0.3) is 0 Å². The molecule has 0 bridgehead atoms. The molecule has 0 aromatic rings. The fraction of sp³-hybridized carbons (Fsp3) is 0.800. The zero-order chi connectivity index (χ0) is 11.8. The van der Waals surface area contributed by atoms with Crippen LogP contribution >= 0.6 is 0 Å². The van der Waals surface area contributed by atoms with Crippen molar-refractivity contribution in [2.75, 3.05) is 19.7 Å². The average Bonchev–Trinajstić information content (AvgIpc) is 2.25. The molecule has 1 atom stereocenters. The molecule has 92 valence electrons. The molecule has 0 saturated carbocycles. The van der Waals surface area contributed by atoms with Gasteiger partial charge in [-0.15, -0.1) is 0 Å². The van der Waals surface area contributed by atoms with Crippen LogP contribution in [-0.4, -0.2) is 37.7 Å². The predicted molar refractivity (Wildman–Crippen MR) is 58.8 cm³/mol. The number of carbonyl (C=O) groups excluding carboxylic acids is 2. The van der Waals surface area contributed by atoms with Gasteiger partial charge in [0.2, 0.25) is 5.91 Å². The van der Waals surface area contributed by atoms with Gasteiger partial charge in [0.1, 0.15) is 6.61 Å². The average molecular weight is 229 g/mol. The van der Waals surface area contributed by atoms with Crippen LogP contribution in [0.4, 0.5) is 4.79 Å². The van der Waals surface area contributed by atoms with Gasteiger partial charge in [-0.2, -0.15) is 0 Å². The number of primary amides is 1. The molecular weight excluding hydrogens is 210 g/mol. The Bertz CT molecular complexity index is 239. The molecule has 2 amide bonds. The first-order valence-electron chi connectivity index (χ1n) is 5.61. The highest BCUT2D eigenvalue weighted by atomic mass is 16.5. The Hall–Kier alpha value is -1.30. The molecule has 1 unspecified atom stereocenters. The number of nitrogens with one attached hydrogen (secondary N) is 2. The highest BCUT2D eigenvalue weighted by Gasteiger charge is 2.15. The van der Waals surface area contributed by atoms with Crippen LogP contribution in [0.2, 0.25) is 0 Å². The summed E-state index contributed by atoms with van der Waals surface area (Å²) in [5, 5.41) is 5.97. The number of rotatable bonds is 5. The van der Waals surface area contributed by atoms with E-state index in [0.29, 0.717) is 13.0 Å². The molecule has 1 saturated heterocycles. The van der Waals surface area contributed by atoms with Crippen molar-refractivity contribution in [1.82, 2.24) is 10.6 Å². The minimum Gasteiger partial charge on any atom is -0.448 e. The fourth-order valence-corrected chi connectivity index (χ4v) is 1.74. The molecule has 6 heteroatoms. The third kappa shape index (κ3) is 5.55. The Balaban J connectivity index is 2.03. The molecule has 4 N–H and O–H groups in total. The smallest absolute Gasteiger partial charge is 0.404 e. The van der Waals surface area contributed by atoms with Crippen molar-refractivity contribution in [3.63, 3.8) is 0 Å². The highest BCUT2D eigenvalue weighted by molar-refractivity contribution is 5.76. The summed E-state index contributed by atoms with van der Waals surface area (Å²) in [5.41, 5.74) is 4.77. The Labute approximate surface area is 94.9 Å². The first-order chi connectivity index (χ1) is 7.68. The van der Waals surface area contributed by atoms with E-state index >= 15 is 0 Å². The monoisotopic (exact) mass is 229 g/mol. The van der Waals surface area contributed by atoms with Crippen molar-refractivity contribution in [3.05, 3.63) is 0 Å². The lowest BCUT2D eigenvalue weighted by atomic mass is 10.0. The van der Waals surface area contributed by atoms with E-state index in [1.54, 1.807) is 0 Å². The first-order valence-corrected chi connectivity index (χ1v) is 5.61. The van der Waals surface area contributed by atoms with E-state index in [9.17, 15) is 9.59 Å². The first kappa shape index (κ1) is 12.8. The molecule has 0 aliphatic carbocycles. The van der Waals surface area contributed by atoms with Crippen LogP contribution in [0.1, 0.15) is 25.7 Å². The molecule has 1 heterocycles. The van der Waals surface area contributed by atoms with Crippen LogP contribution in [0.15, 0.2) is 0 Å². The fourth-order valence-electron chi connectivity index (χ4n) is 1.74. The highest BCUT2D eigenvalue weighted by Crippen LogP contribution is 2.09. The zero-order valence-corrected chi connectivity index (χ0v) is 9.33. The minimum atomic E-state index is -0.816. The van der Waals surface area contributed by atoms with Crippen LogP contribution in [-0.2, 0) is 9.53 Å². The normalized spacial score (nSPS) is 20.1. The van der Waals surface area contributed by atoms with Crippen molar-refractivity contribution in [2.45, 2.75) is 31.7 Å². The van der Waals surface area contributed by atoms with Crippen LogP contribution in [0.3, 0.4) is 0 Å². The molecule has 16 heavy (non-hydrogen) atoms. The Kier molecular flexibility index (Phi) is 5.63. The van der Waals surface area contributed by atoms with E-state index < -0.39 is 6.09 Å². The second-order valence-electron chi connectivity index (χ2n) is 3.87. The molecule has 0 aromatic heterocycles. The third-order valence-corrected chi connectivity index (χ3v) is 2.51. The van der Waals surface area contributed by atoms with Crippen LogP contribution in [0.5, 0.6) is 0 Å². The van der Waals surface area contributed by atoms with E-state index in [4.69, 9.17) is 5.73 Å². The summed E-state index contributed by atoms with van der Waals surface area (Å²) in [4.78, 5) is 21.7. The maximum absolute atomic E-state index is 11.4. The summed E-state index contributed by atoms with van der Waals surface area (Å²) in [6.07, 6.45) is 3.07. The van der Waals surface area contributed by atoms with Gasteiger partial charge in [-0.25, -0.2) is 4.79 Å². The summed E-state index contributed by atoms with van der Waals surface area (Å²) in [7, 11) is 0. The Morgan fingerprint density at radius 1 is 1.44 bits per heavy atom. The summed E-state index contributed by atoms with van der Waals surface area (Å²) < 4.78 is 4.49. The van der Waals surface area contributed by atoms with E-state index in [-0.39, 0.29) is 18.6 Å². The summed E-state index contributed by atoms with van der Waals surface area (Å²) in [6, 6.07) is 0.283. The van der Waals surface area contributed by atoms with Gasteiger partial charge in [-0.3, -0.25) is 4.79 Å². The zero-order valence-electron chi connectivity index (χ0n) is 9.33. The molecule has 0 radical (unpaired) electrons. The van der Waals surface area contributed by atoms with Crippen LogP contribution < -0.4 is 16.4 Å². The number of amides is 2. The number of ether oxygens (including phenoxy) is 1. The molecule has 0 aromatic carbocycles. The Morgan fingerprint density at radius 3 is 2.88 bits per heavy atom. The second-order valence-corrected chi connectivity index (χ2v) is 3.87. The lowest BCUT2D eigenvalue weighted by Crippen LogP contribution is -2.39. The number of hydrogen-bond acceptors (Lipinski definition) is 4. The van der Waals surface area contributed by atoms with E-state index in [1.165, 1.54) is 12.8 Å². The van der Waals surface area contributed by atoms with Crippen molar-refractivity contribution < 1.29 is 14.3 Å². The second kappa shape index (κ2) is 7.05. The summed E-state index contributed by atoms with van der Waals surface area (Å²) >= 11 is 0. The number of piperidine rings is 1. The maximum atomic E-state index is 11.4. The van der Waals surface area contributed by atoms with Crippen LogP contribution in [0, 0.1) is 0 Å². The topological polar surface area (TPSA) is 93.5 Å². The molecular formula is C10H19N3O3. The van der Waals surface area contributed by atoms with E-state index in [0.717, 1.165) is 13.0 Å².